The molecule has 25 heavy (non-hydrogen) atoms. The van der Waals surface area contributed by atoms with Gasteiger partial charge < -0.3 is 10.2 Å². The topological polar surface area (TPSA) is 93.7 Å². The van der Waals surface area contributed by atoms with Crippen LogP contribution in [0.5, 0.6) is 0 Å². The molecule has 0 bridgehead atoms. The van der Waals surface area contributed by atoms with Crippen molar-refractivity contribution in [1.82, 2.24) is 4.37 Å². The van der Waals surface area contributed by atoms with E-state index >= 15 is 0 Å². The van der Waals surface area contributed by atoms with Crippen molar-refractivity contribution in [2.24, 2.45) is 10.2 Å². The zero-order chi connectivity index (χ0) is 18.4. The summed E-state index contributed by atoms with van der Waals surface area (Å²) in [5.41, 5.74) is 3.18. The summed E-state index contributed by atoms with van der Waals surface area (Å²) < 4.78 is 4.12. The zero-order valence-electron chi connectivity index (χ0n) is 14.7. The molecule has 7 nitrogen and oxygen atoms in total. The first kappa shape index (κ1) is 18.5. The lowest BCUT2D eigenvalue weighted by Crippen LogP contribution is -2.21. The number of carbonyl (C=O) groups excluding carboxylic acids is 1. The van der Waals surface area contributed by atoms with E-state index in [2.05, 4.69) is 44.7 Å². The fraction of sp³-hybridized carbons (Fsp3) is 0.353. The van der Waals surface area contributed by atoms with Crippen molar-refractivity contribution in [3.63, 3.8) is 0 Å². The van der Waals surface area contributed by atoms with Gasteiger partial charge in [0, 0.05) is 25.7 Å². The third kappa shape index (κ3) is 4.39. The maximum absolute atomic E-state index is 11.5. The second-order valence-corrected chi connectivity index (χ2v) is 6.07. The largest absolute Gasteiger partial charge is 0.372 e. The Bertz CT molecular complexity index is 832. The number of hydrogen-bond donors (Lipinski definition) is 1. The molecule has 1 N–H and O–H groups in total. The van der Waals surface area contributed by atoms with E-state index in [1.54, 1.807) is 6.92 Å². The Balaban J connectivity index is 2.40. The Kier molecular flexibility index (Phi) is 6.19. The van der Waals surface area contributed by atoms with Crippen molar-refractivity contribution in [1.29, 1.82) is 5.26 Å². The van der Waals surface area contributed by atoms with Crippen molar-refractivity contribution in [2.45, 2.75) is 27.7 Å². The van der Waals surface area contributed by atoms with Crippen LogP contribution in [0.15, 0.2) is 28.4 Å². The lowest BCUT2D eigenvalue weighted by Gasteiger charge is -2.22. The molecule has 1 amide bonds. The Labute approximate surface area is 151 Å². The van der Waals surface area contributed by atoms with Gasteiger partial charge in [-0.25, -0.2) is 0 Å². The fourth-order valence-corrected chi connectivity index (χ4v) is 3.02. The average molecular weight is 356 g/mol. The molecule has 1 aromatic carbocycles. The Morgan fingerprint density at radius 2 is 2.08 bits per heavy atom. The molecule has 1 aromatic heterocycles. The highest BCUT2D eigenvalue weighted by molar-refractivity contribution is 7.10. The van der Waals surface area contributed by atoms with Gasteiger partial charge in [-0.05, 0) is 50.5 Å². The molecule has 2 rings (SSSR count). The van der Waals surface area contributed by atoms with Crippen LogP contribution in [-0.4, -0.2) is 23.4 Å². The summed E-state index contributed by atoms with van der Waals surface area (Å²) in [4.78, 5) is 13.7. The van der Waals surface area contributed by atoms with E-state index in [0.29, 0.717) is 27.6 Å². The monoisotopic (exact) mass is 356 g/mol. The van der Waals surface area contributed by atoms with Crippen LogP contribution in [0.4, 0.5) is 22.1 Å². The van der Waals surface area contributed by atoms with Crippen molar-refractivity contribution >= 4 is 39.5 Å². The minimum Gasteiger partial charge on any atom is -0.372 e. The number of anilines is 2. The van der Waals surface area contributed by atoms with E-state index in [0.717, 1.165) is 30.3 Å². The number of benzene rings is 1. The van der Waals surface area contributed by atoms with Crippen molar-refractivity contribution in [3.05, 3.63) is 29.5 Å². The molecule has 0 aliphatic rings. The molecular formula is C17H20N6OS. The zero-order valence-corrected chi connectivity index (χ0v) is 15.5. The van der Waals surface area contributed by atoms with E-state index in [4.69, 9.17) is 5.26 Å². The molecule has 1 heterocycles. The predicted molar refractivity (Wildman–Crippen MR) is 100 cm³/mol. The quantitative estimate of drug-likeness (QED) is 0.769. The summed E-state index contributed by atoms with van der Waals surface area (Å²) >= 11 is 1.13. The molecule has 130 valence electrons. The third-order valence-corrected chi connectivity index (χ3v) is 4.45. The van der Waals surface area contributed by atoms with E-state index in [-0.39, 0.29) is 5.91 Å². The molecule has 0 fully saturated rings. The average Bonchev–Trinajstić information content (AvgIpc) is 2.94. The second-order valence-electron chi connectivity index (χ2n) is 5.31. The summed E-state index contributed by atoms with van der Waals surface area (Å²) in [6.45, 7) is 9.08. The maximum Gasteiger partial charge on any atom is 0.221 e. The first-order chi connectivity index (χ1) is 12.0. The van der Waals surface area contributed by atoms with Gasteiger partial charge in [-0.1, -0.05) is 0 Å². The lowest BCUT2D eigenvalue weighted by molar-refractivity contribution is -0.114. The van der Waals surface area contributed by atoms with Crippen LogP contribution in [0, 0.1) is 18.3 Å². The first-order valence-corrected chi connectivity index (χ1v) is 8.72. The standard InChI is InChI=1S/C17H20N6OS/c1-5-23(6-2)13-7-8-15(16(9-13)19-12(4)24)20-21-17-14(10-18)11(3)22-25-17/h7-9H,5-6H2,1-4H3,(H,19,24)/b21-20+. The number of nitriles is 1. The molecule has 0 spiro atoms. The summed E-state index contributed by atoms with van der Waals surface area (Å²) in [7, 11) is 0. The highest BCUT2D eigenvalue weighted by Gasteiger charge is 2.11. The van der Waals surface area contributed by atoms with Gasteiger partial charge >= 0.3 is 0 Å². The van der Waals surface area contributed by atoms with E-state index < -0.39 is 0 Å². The number of nitrogens with one attached hydrogen (secondary N) is 1. The van der Waals surface area contributed by atoms with Gasteiger partial charge in [0.05, 0.1) is 11.4 Å². The number of carbonyl (C=O) groups is 1. The molecule has 0 saturated carbocycles. The number of azo groups is 1. The van der Waals surface area contributed by atoms with Crippen LogP contribution in [0.3, 0.4) is 0 Å². The molecule has 0 aliphatic carbocycles. The summed E-state index contributed by atoms with van der Waals surface area (Å²) in [6.07, 6.45) is 0. The maximum atomic E-state index is 11.5. The third-order valence-electron chi connectivity index (χ3n) is 3.62. The van der Waals surface area contributed by atoms with Gasteiger partial charge in [0.15, 0.2) is 5.00 Å². The number of aromatic nitrogens is 1. The summed E-state index contributed by atoms with van der Waals surface area (Å²) in [6, 6.07) is 7.71. The number of amides is 1. The number of rotatable bonds is 6. The van der Waals surface area contributed by atoms with Gasteiger partial charge in [0.25, 0.3) is 0 Å². The fourth-order valence-electron chi connectivity index (χ4n) is 2.34. The van der Waals surface area contributed by atoms with Crippen LogP contribution in [-0.2, 0) is 4.79 Å². The molecule has 0 atom stereocenters. The SMILES string of the molecule is CCN(CC)c1ccc(/N=N/c2snc(C)c2C#N)c(NC(C)=O)c1. The highest BCUT2D eigenvalue weighted by atomic mass is 32.1. The first-order valence-electron chi connectivity index (χ1n) is 7.94. The predicted octanol–water partition coefficient (Wildman–Crippen LogP) is 4.54. The molecule has 0 saturated heterocycles. The van der Waals surface area contributed by atoms with Crippen LogP contribution >= 0.6 is 11.5 Å². The molecule has 8 heteroatoms. The van der Waals surface area contributed by atoms with Gasteiger partial charge in [0.1, 0.15) is 17.3 Å². The van der Waals surface area contributed by atoms with Crippen LogP contribution in [0.2, 0.25) is 0 Å². The molecule has 2 aromatic rings. The minimum absolute atomic E-state index is 0.181. The normalized spacial score (nSPS) is 10.7. The number of aryl methyl sites for hydroxylation is 1. The highest BCUT2D eigenvalue weighted by Crippen LogP contribution is 2.33. The molecule has 0 aliphatic heterocycles. The van der Waals surface area contributed by atoms with E-state index in [1.165, 1.54) is 6.92 Å². The van der Waals surface area contributed by atoms with Crippen LogP contribution in [0.25, 0.3) is 0 Å². The Morgan fingerprint density at radius 3 is 2.68 bits per heavy atom. The van der Waals surface area contributed by atoms with Crippen LogP contribution in [0.1, 0.15) is 32.0 Å². The van der Waals surface area contributed by atoms with E-state index in [1.807, 2.05) is 18.2 Å². The molecule has 0 radical (unpaired) electrons. The van der Waals surface area contributed by atoms with Gasteiger partial charge in [-0.15, -0.1) is 10.2 Å². The summed E-state index contributed by atoms with van der Waals surface area (Å²) in [5.74, 6) is -0.181. The summed E-state index contributed by atoms with van der Waals surface area (Å²) in [5, 5.41) is 20.8. The molecular weight excluding hydrogens is 336 g/mol. The number of nitrogens with zero attached hydrogens (tertiary/aromatic N) is 5. The Hall–Kier alpha value is -2.79. The van der Waals surface area contributed by atoms with Crippen molar-refractivity contribution in [2.75, 3.05) is 23.3 Å². The van der Waals surface area contributed by atoms with Gasteiger partial charge in [0.2, 0.25) is 5.91 Å². The van der Waals surface area contributed by atoms with Crippen molar-refractivity contribution < 1.29 is 4.79 Å². The smallest absolute Gasteiger partial charge is 0.221 e. The van der Waals surface area contributed by atoms with Crippen LogP contribution < -0.4 is 10.2 Å². The number of hydrogen-bond acceptors (Lipinski definition) is 7. The molecule has 0 unspecified atom stereocenters. The second kappa shape index (κ2) is 8.35. The van der Waals surface area contributed by atoms with Gasteiger partial charge in [-0.3, -0.25) is 4.79 Å². The lowest BCUT2D eigenvalue weighted by atomic mass is 10.2. The van der Waals surface area contributed by atoms with E-state index in [9.17, 15) is 4.79 Å². The van der Waals surface area contributed by atoms with Crippen molar-refractivity contribution in [3.8, 4) is 6.07 Å². The Morgan fingerprint density at radius 1 is 1.36 bits per heavy atom. The minimum atomic E-state index is -0.181. The van der Waals surface area contributed by atoms with Gasteiger partial charge in [-0.2, -0.15) is 9.64 Å².